The number of pyridine rings is 1. The zero-order valence-corrected chi connectivity index (χ0v) is 14.1. The largest absolute Gasteiger partial charge is 0.417 e. The molecule has 0 radical (unpaired) electrons. The van der Waals surface area contributed by atoms with Crippen LogP contribution in [0.2, 0.25) is 0 Å². The molecular weight excluding hydrogens is 384 g/mol. The molecule has 1 aromatic heterocycles. The highest BCUT2D eigenvalue weighted by molar-refractivity contribution is 5.73. The molecule has 1 heterocycles. The van der Waals surface area contributed by atoms with Gasteiger partial charge in [0.1, 0.15) is 0 Å². The maximum absolute atomic E-state index is 13.4. The number of benzene rings is 2. The first kappa shape index (κ1) is 19.9. The summed E-state index contributed by atoms with van der Waals surface area (Å²) in [5.41, 5.74) is -2.80. The van der Waals surface area contributed by atoms with Gasteiger partial charge in [0.2, 0.25) is 0 Å². The van der Waals surface area contributed by atoms with Crippen LogP contribution in [0.3, 0.4) is 0 Å². The summed E-state index contributed by atoms with van der Waals surface area (Å²) >= 11 is 0. The Morgan fingerprint density at radius 3 is 1.71 bits per heavy atom. The zero-order chi connectivity index (χ0) is 20.5. The Morgan fingerprint density at radius 2 is 1.18 bits per heavy atom. The Labute approximate surface area is 156 Å². The van der Waals surface area contributed by atoms with Crippen LogP contribution >= 0.6 is 0 Å². The van der Waals surface area contributed by atoms with Crippen molar-refractivity contribution in [3.63, 3.8) is 0 Å². The Bertz CT molecular complexity index is 994. The van der Waals surface area contributed by atoms with E-state index in [0.717, 1.165) is 12.1 Å². The number of aliphatic hydroxyl groups excluding tert-OH is 1. The van der Waals surface area contributed by atoms with Gasteiger partial charge in [0.25, 0.3) is 0 Å². The van der Waals surface area contributed by atoms with Crippen molar-refractivity contribution in [1.29, 1.82) is 0 Å². The minimum absolute atomic E-state index is 0.0740. The Balaban J connectivity index is 2.26. The third-order valence-electron chi connectivity index (χ3n) is 4.15. The van der Waals surface area contributed by atoms with Gasteiger partial charge in [0.05, 0.1) is 29.1 Å². The average molecular weight is 397 g/mol. The van der Waals surface area contributed by atoms with Crippen LogP contribution in [0, 0.1) is 0 Å². The van der Waals surface area contributed by atoms with E-state index in [1.54, 1.807) is 0 Å². The Hall–Kier alpha value is -2.87. The predicted molar refractivity (Wildman–Crippen MR) is 91.0 cm³/mol. The second-order valence-corrected chi connectivity index (χ2v) is 5.95. The first-order valence-electron chi connectivity index (χ1n) is 8.07. The van der Waals surface area contributed by atoms with Crippen molar-refractivity contribution in [2.45, 2.75) is 19.0 Å². The molecule has 0 spiro atoms. The fourth-order valence-electron chi connectivity index (χ4n) is 2.89. The Morgan fingerprint density at radius 1 is 0.679 bits per heavy atom. The maximum atomic E-state index is 13.4. The number of rotatable bonds is 3. The minimum Gasteiger partial charge on any atom is -0.392 e. The molecule has 2 aromatic carbocycles. The van der Waals surface area contributed by atoms with E-state index in [1.165, 1.54) is 48.5 Å². The molecule has 2 nitrogen and oxygen atoms in total. The highest BCUT2D eigenvalue weighted by Crippen LogP contribution is 2.40. The van der Waals surface area contributed by atoms with E-state index >= 15 is 0 Å². The smallest absolute Gasteiger partial charge is 0.392 e. The number of aromatic nitrogens is 1. The van der Waals surface area contributed by atoms with E-state index in [-0.39, 0.29) is 28.1 Å². The molecule has 146 valence electrons. The van der Waals surface area contributed by atoms with E-state index < -0.39 is 30.1 Å². The molecule has 0 atom stereocenters. The van der Waals surface area contributed by atoms with Crippen LogP contribution in [0.5, 0.6) is 0 Å². The number of alkyl halides is 6. The normalized spacial score (nSPS) is 12.2. The van der Waals surface area contributed by atoms with Gasteiger partial charge in [0, 0.05) is 16.7 Å². The third kappa shape index (κ3) is 3.87. The lowest BCUT2D eigenvalue weighted by Gasteiger charge is -2.17. The highest BCUT2D eigenvalue weighted by Gasteiger charge is 2.35. The molecule has 0 fully saturated rings. The Kier molecular flexibility index (Phi) is 5.16. The molecule has 0 bridgehead atoms. The van der Waals surface area contributed by atoms with E-state index in [1.807, 2.05) is 0 Å². The number of hydrogen-bond acceptors (Lipinski definition) is 2. The lowest BCUT2D eigenvalue weighted by atomic mass is 9.97. The zero-order valence-electron chi connectivity index (χ0n) is 14.1. The van der Waals surface area contributed by atoms with Crippen LogP contribution in [0.15, 0.2) is 60.7 Å². The van der Waals surface area contributed by atoms with Crippen molar-refractivity contribution in [2.75, 3.05) is 0 Å². The van der Waals surface area contributed by atoms with Gasteiger partial charge in [-0.25, -0.2) is 4.98 Å². The summed E-state index contributed by atoms with van der Waals surface area (Å²) < 4.78 is 80.0. The first-order chi connectivity index (χ1) is 13.1. The van der Waals surface area contributed by atoms with Gasteiger partial charge in [-0.2, -0.15) is 26.3 Å². The molecule has 0 aliphatic rings. The third-order valence-corrected chi connectivity index (χ3v) is 4.15. The molecule has 3 aromatic rings. The van der Waals surface area contributed by atoms with Crippen molar-refractivity contribution in [3.8, 4) is 22.5 Å². The van der Waals surface area contributed by atoms with E-state index in [2.05, 4.69) is 4.98 Å². The number of hydrogen-bond donors (Lipinski definition) is 1. The SMILES string of the molecule is OCc1ccc(-c2ccccc2C(F)(F)F)nc1-c1ccccc1C(F)(F)F. The van der Waals surface area contributed by atoms with Crippen molar-refractivity contribution in [3.05, 3.63) is 77.4 Å². The van der Waals surface area contributed by atoms with Crippen LogP contribution in [0.4, 0.5) is 26.3 Å². The molecule has 0 aliphatic heterocycles. The standard InChI is InChI=1S/C20H13F6NO/c21-19(22,23)15-7-3-1-5-13(15)17-10-9-12(11-28)18(27-17)14-6-2-4-8-16(14)20(24,25)26/h1-10,28H,11H2. The van der Waals surface area contributed by atoms with E-state index in [4.69, 9.17) is 0 Å². The maximum Gasteiger partial charge on any atom is 0.417 e. The second kappa shape index (κ2) is 7.27. The minimum atomic E-state index is -4.69. The predicted octanol–water partition coefficient (Wildman–Crippen LogP) is 5.95. The van der Waals surface area contributed by atoms with Gasteiger partial charge in [-0.1, -0.05) is 42.5 Å². The fraction of sp³-hybridized carbons (Fsp3) is 0.150. The van der Waals surface area contributed by atoms with Crippen molar-refractivity contribution in [1.82, 2.24) is 4.98 Å². The summed E-state index contributed by atoms with van der Waals surface area (Å²) in [4.78, 5) is 4.07. The molecule has 0 amide bonds. The van der Waals surface area contributed by atoms with Gasteiger partial charge in [0.15, 0.2) is 0 Å². The van der Waals surface area contributed by atoms with Crippen molar-refractivity contribution < 1.29 is 31.4 Å². The molecule has 0 unspecified atom stereocenters. The topological polar surface area (TPSA) is 33.1 Å². The summed E-state index contributed by atoms with van der Waals surface area (Å²) in [7, 11) is 0. The number of aliphatic hydroxyl groups is 1. The fourth-order valence-corrected chi connectivity index (χ4v) is 2.89. The monoisotopic (exact) mass is 397 g/mol. The molecule has 0 aliphatic carbocycles. The van der Waals surface area contributed by atoms with E-state index in [0.29, 0.717) is 0 Å². The van der Waals surface area contributed by atoms with Gasteiger partial charge in [-0.05, 0) is 18.2 Å². The van der Waals surface area contributed by atoms with Gasteiger partial charge in [-0.15, -0.1) is 0 Å². The summed E-state index contributed by atoms with van der Waals surface area (Å²) in [6.45, 7) is -0.615. The van der Waals surface area contributed by atoms with E-state index in [9.17, 15) is 31.4 Å². The molecule has 3 rings (SSSR count). The highest BCUT2D eigenvalue weighted by atomic mass is 19.4. The van der Waals surface area contributed by atoms with Gasteiger partial charge < -0.3 is 5.11 Å². The summed E-state index contributed by atoms with van der Waals surface area (Å²) in [5.74, 6) is 0. The summed E-state index contributed by atoms with van der Waals surface area (Å²) in [5, 5.41) is 9.52. The van der Waals surface area contributed by atoms with Gasteiger partial charge in [-0.3, -0.25) is 0 Å². The first-order valence-corrected chi connectivity index (χ1v) is 8.07. The molecular formula is C20H13F6NO. The van der Waals surface area contributed by atoms with Crippen LogP contribution in [-0.2, 0) is 19.0 Å². The quantitative estimate of drug-likeness (QED) is 0.555. The lowest BCUT2D eigenvalue weighted by Crippen LogP contribution is -2.10. The molecule has 8 heteroatoms. The molecule has 0 saturated heterocycles. The van der Waals surface area contributed by atoms with Crippen LogP contribution < -0.4 is 0 Å². The molecule has 28 heavy (non-hydrogen) atoms. The van der Waals surface area contributed by atoms with Crippen molar-refractivity contribution in [2.24, 2.45) is 0 Å². The van der Waals surface area contributed by atoms with Crippen LogP contribution in [0.1, 0.15) is 16.7 Å². The molecule has 1 N–H and O–H groups in total. The molecule has 0 saturated carbocycles. The average Bonchev–Trinajstić information content (AvgIpc) is 2.66. The van der Waals surface area contributed by atoms with Crippen molar-refractivity contribution >= 4 is 0 Å². The van der Waals surface area contributed by atoms with Crippen LogP contribution in [-0.4, -0.2) is 10.1 Å². The second-order valence-electron chi connectivity index (χ2n) is 5.95. The van der Waals surface area contributed by atoms with Gasteiger partial charge >= 0.3 is 12.4 Å². The summed E-state index contributed by atoms with van der Waals surface area (Å²) in [6.07, 6.45) is -9.34. The van der Waals surface area contributed by atoms with Crippen LogP contribution in [0.25, 0.3) is 22.5 Å². The number of halogens is 6. The summed E-state index contributed by atoms with van der Waals surface area (Å²) in [6, 6.07) is 11.8. The number of nitrogens with zero attached hydrogens (tertiary/aromatic N) is 1. The lowest BCUT2D eigenvalue weighted by molar-refractivity contribution is -0.137.